The number of hydrogen-bond donors (Lipinski definition) is 3. The number of amides is 3. The highest BCUT2D eigenvalue weighted by molar-refractivity contribution is 9.09. The number of nitrogens with zero attached hydrogens (tertiary/aromatic N) is 2. The fraction of sp³-hybridized carbons (Fsp3) is 0.900. The van der Waals surface area contributed by atoms with Gasteiger partial charge in [0.05, 0.1) is 24.3 Å². The van der Waals surface area contributed by atoms with Crippen molar-refractivity contribution in [2.24, 2.45) is 5.92 Å². The van der Waals surface area contributed by atoms with Crippen LogP contribution in [-0.2, 0) is 19.0 Å². The molecule has 0 aromatic carbocycles. The molecule has 11 nitrogen and oxygen atoms in total. The van der Waals surface area contributed by atoms with Gasteiger partial charge in [-0.1, -0.05) is 48.4 Å². The van der Waals surface area contributed by atoms with Gasteiger partial charge in [0, 0.05) is 39.4 Å². The van der Waals surface area contributed by atoms with Crippen LogP contribution in [0, 0.1) is 5.92 Å². The first-order valence-corrected chi connectivity index (χ1v) is 20.9. The number of rotatable bonds is 7. The first-order chi connectivity index (χ1) is 21.3. The van der Waals surface area contributed by atoms with Crippen molar-refractivity contribution in [2.75, 3.05) is 27.0 Å². The van der Waals surface area contributed by atoms with Crippen molar-refractivity contribution in [2.45, 2.75) is 138 Å². The van der Waals surface area contributed by atoms with E-state index in [0.717, 1.165) is 10.9 Å². The summed E-state index contributed by atoms with van der Waals surface area (Å²) in [5, 5.41) is 9.46. The van der Waals surface area contributed by atoms with Gasteiger partial charge in [0.15, 0.2) is 0 Å². The van der Waals surface area contributed by atoms with E-state index in [4.69, 9.17) is 14.2 Å². The maximum atomic E-state index is 14.0. The molecular formula is C30H53BrF3N5O6Si. The van der Waals surface area contributed by atoms with Gasteiger partial charge in [-0.15, -0.1) is 0 Å². The average Bonchev–Trinajstić information content (AvgIpc) is 3.25. The third-order valence-electron chi connectivity index (χ3n) is 8.81. The molecule has 46 heavy (non-hydrogen) atoms. The second kappa shape index (κ2) is 16.2. The number of nitrogens with one attached hydrogen (secondary N) is 3. The van der Waals surface area contributed by atoms with Crippen LogP contribution in [0.4, 0.5) is 22.8 Å². The standard InChI is InChI=1S/C30H53BrF3N5O6Si/c1-29(2,3)45-28(42)36-21-11-9-8-10-14-38(26(40)30(32,33)34)22-17-19(35-27(41)43-4)12-13-20(22)23-24(31)39(25(21)37-23)18-44-15-16-46(5,6)7/h19-25,37H,8-18H2,1-7H3,(H,35,41)(H,36,42). The normalized spacial score (nSPS) is 30.0. The van der Waals surface area contributed by atoms with Crippen LogP contribution >= 0.6 is 15.9 Å². The summed E-state index contributed by atoms with van der Waals surface area (Å²) in [7, 11) is -0.135. The highest BCUT2D eigenvalue weighted by atomic mass is 79.9. The SMILES string of the molecule is COC(=O)NC1CCC2C3NC(C(NC(=O)OC(C)(C)C)CCCCCN(C(=O)C(F)(F)F)C2C1)N(COCC[Si](C)(C)C)C3Br. The van der Waals surface area contributed by atoms with Gasteiger partial charge in [-0.05, 0) is 64.8 Å². The summed E-state index contributed by atoms with van der Waals surface area (Å²) in [5.74, 6) is -2.27. The van der Waals surface area contributed by atoms with E-state index >= 15 is 0 Å². The van der Waals surface area contributed by atoms with Crippen molar-refractivity contribution < 1.29 is 41.8 Å². The number of carbonyl (C=O) groups is 3. The lowest BCUT2D eigenvalue weighted by Gasteiger charge is -2.46. The van der Waals surface area contributed by atoms with E-state index in [0.29, 0.717) is 45.1 Å². The Morgan fingerprint density at radius 3 is 2.30 bits per heavy atom. The zero-order valence-corrected chi connectivity index (χ0v) is 30.8. The largest absolute Gasteiger partial charge is 0.471 e. The summed E-state index contributed by atoms with van der Waals surface area (Å²) in [5.41, 5.74) is -0.697. The summed E-state index contributed by atoms with van der Waals surface area (Å²) in [4.78, 5) is 40.7. The Bertz CT molecular complexity index is 1050. The Labute approximate surface area is 280 Å². The molecule has 1 saturated carbocycles. The molecule has 2 saturated heterocycles. The Morgan fingerprint density at radius 1 is 1.00 bits per heavy atom. The van der Waals surface area contributed by atoms with Gasteiger partial charge in [0.1, 0.15) is 12.3 Å². The Kier molecular flexibility index (Phi) is 13.7. The molecule has 1 aliphatic carbocycles. The van der Waals surface area contributed by atoms with E-state index in [-0.39, 0.29) is 30.7 Å². The van der Waals surface area contributed by atoms with Crippen LogP contribution in [0.15, 0.2) is 0 Å². The Hall–Kier alpha value is -1.62. The molecule has 0 spiro atoms. The van der Waals surface area contributed by atoms with Crippen LogP contribution < -0.4 is 16.0 Å². The summed E-state index contributed by atoms with van der Waals surface area (Å²) >= 11 is 3.86. The van der Waals surface area contributed by atoms with Gasteiger partial charge in [0.25, 0.3) is 0 Å². The predicted octanol–water partition coefficient (Wildman–Crippen LogP) is 5.37. The number of alkyl halides is 4. The fourth-order valence-corrected chi connectivity index (χ4v) is 8.26. The molecule has 266 valence electrons. The summed E-state index contributed by atoms with van der Waals surface area (Å²) in [6, 6.07) is -1.10. The van der Waals surface area contributed by atoms with E-state index in [2.05, 4.69) is 56.4 Å². The predicted molar refractivity (Wildman–Crippen MR) is 174 cm³/mol. The van der Waals surface area contributed by atoms with Crippen LogP contribution in [-0.4, -0.2) is 110 Å². The smallest absolute Gasteiger partial charge is 0.453 e. The topological polar surface area (TPSA) is 121 Å². The number of fused-ring (bicyclic) bond motifs is 4. The molecule has 2 bridgehead atoms. The molecule has 7 unspecified atom stereocenters. The molecule has 3 rings (SSSR count). The first-order valence-electron chi connectivity index (χ1n) is 16.3. The van der Waals surface area contributed by atoms with E-state index in [1.807, 2.05) is 0 Å². The molecule has 3 aliphatic rings. The number of hydrogen-bond acceptors (Lipinski definition) is 8. The highest BCUT2D eigenvalue weighted by Gasteiger charge is 2.53. The van der Waals surface area contributed by atoms with Crippen LogP contribution in [0.3, 0.4) is 0 Å². The minimum absolute atomic E-state index is 0.0682. The molecule has 7 atom stereocenters. The van der Waals surface area contributed by atoms with E-state index < -0.39 is 68.2 Å². The van der Waals surface area contributed by atoms with E-state index in [1.54, 1.807) is 20.8 Å². The van der Waals surface area contributed by atoms with Crippen molar-refractivity contribution in [3.63, 3.8) is 0 Å². The second-order valence-electron chi connectivity index (χ2n) is 14.8. The van der Waals surface area contributed by atoms with Gasteiger partial charge in [-0.3, -0.25) is 10.1 Å². The van der Waals surface area contributed by atoms with Crippen LogP contribution in [0.5, 0.6) is 0 Å². The zero-order valence-electron chi connectivity index (χ0n) is 28.2. The van der Waals surface area contributed by atoms with E-state index in [1.165, 1.54) is 7.11 Å². The molecular weight excluding hydrogens is 691 g/mol. The van der Waals surface area contributed by atoms with Gasteiger partial charge in [-0.25, -0.2) is 14.5 Å². The molecule has 2 aliphatic heterocycles. The molecule has 3 N–H and O–H groups in total. The molecule has 0 radical (unpaired) electrons. The number of halogens is 4. The zero-order chi connectivity index (χ0) is 34.4. The minimum Gasteiger partial charge on any atom is -0.453 e. The average molecular weight is 745 g/mol. The monoisotopic (exact) mass is 743 g/mol. The van der Waals surface area contributed by atoms with Gasteiger partial charge >= 0.3 is 24.3 Å². The molecule has 3 amide bonds. The summed E-state index contributed by atoms with van der Waals surface area (Å²) in [6.07, 6.45) is -3.52. The van der Waals surface area contributed by atoms with Crippen molar-refractivity contribution >= 4 is 42.1 Å². The van der Waals surface area contributed by atoms with Crippen LogP contribution in [0.1, 0.15) is 65.7 Å². The summed E-state index contributed by atoms with van der Waals surface area (Å²) < 4.78 is 58.6. The molecule has 16 heteroatoms. The van der Waals surface area contributed by atoms with Gasteiger partial charge in [0.2, 0.25) is 0 Å². The lowest BCUT2D eigenvalue weighted by atomic mass is 9.76. The number of alkyl carbamates (subject to hydrolysis) is 2. The van der Waals surface area contributed by atoms with Crippen molar-refractivity contribution in [3.8, 4) is 0 Å². The second-order valence-corrected chi connectivity index (χ2v) is 21.4. The number of ether oxygens (including phenoxy) is 3. The Morgan fingerprint density at radius 2 is 1.70 bits per heavy atom. The third kappa shape index (κ3) is 11.2. The third-order valence-corrected chi connectivity index (χ3v) is 11.6. The lowest BCUT2D eigenvalue weighted by molar-refractivity contribution is -0.190. The van der Waals surface area contributed by atoms with Gasteiger partial charge < -0.3 is 29.7 Å². The van der Waals surface area contributed by atoms with Crippen LogP contribution in [0.2, 0.25) is 25.7 Å². The number of carbonyl (C=O) groups excluding carboxylic acids is 3. The quantitative estimate of drug-likeness (QED) is 0.138. The first kappa shape index (κ1) is 38.8. The molecule has 2 heterocycles. The molecule has 3 fully saturated rings. The van der Waals surface area contributed by atoms with Crippen LogP contribution in [0.25, 0.3) is 0 Å². The number of methoxy groups -OCH3 is 1. The molecule has 0 aromatic heterocycles. The maximum absolute atomic E-state index is 14.0. The fourth-order valence-electron chi connectivity index (χ4n) is 6.58. The maximum Gasteiger partial charge on any atom is 0.471 e. The van der Waals surface area contributed by atoms with Gasteiger partial charge in [-0.2, -0.15) is 13.2 Å². The molecule has 0 aromatic rings. The van der Waals surface area contributed by atoms with E-state index in [9.17, 15) is 27.6 Å². The van der Waals surface area contributed by atoms with Crippen molar-refractivity contribution in [1.82, 2.24) is 25.8 Å². The Balaban J connectivity index is 1.99. The highest BCUT2D eigenvalue weighted by Crippen LogP contribution is 2.40. The minimum atomic E-state index is -5.04. The summed E-state index contributed by atoms with van der Waals surface area (Å²) in [6.45, 7) is 12.9. The van der Waals surface area contributed by atoms with Crippen molar-refractivity contribution in [3.05, 3.63) is 0 Å². The lowest BCUT2D eigenvalue weighted by Crippen LogP contribution is -2.60. The van der Waals surface area contributed by atoms with Crippen molar-refractivity contribution in [1.29, 1.82) is 0 Å².